The number of benzene rings is 1. The molecular formula is C14H12ClN5. The van der Waals surface area contributed by atoms with Crippen LogP contribution < -0.4 is 0 Å². The average molecular weight is 286 g/mol. The van der Waals surface area contributed by atoms with Crippen LogP contribution in [-0.4, -0.2) is 25.0 Å². The summed E-state index contributed by atoms with van der Waals surface area (Å²) in [5.41, 5.74) is 2.37. The third-order valence-electron chi connectivity index (χ3n) is 2.82. The quantitative estimate of drug-likeness (QED) is 0.694. The summed E-state index contributed by atoms with van der Waals surface area (Å²) < 4.78 is 0. The lowest BCUT2D eigenvalue weighted by Gasteiger charge is -2.00. The summed E-state index contributed by atoms with van der Waals surface area (Å²) in [6, 6.07) is 11.4. The molecule has 0 aliphatic rings. The second-order valence-electron chi connectivity index (χ2n) is 4.21. The molecule has 5 nitrogen and oxygen atoms in total. The van der Waals surface area contributed by atoms with Crippen molar-refractivity contribution in [2.45, 2.75) is 13.3 Å². The van der Waals surface area contributed by atoms with Gasteiger partial charge in [0.15, 0.2) is 11.5 Å². The zero-order valence-electron chi connectivity index (χ0n) is 10.9. The van der Waals surface area contributed by atoms with Crippen LogP contribution in [-0.2, 0) is 6.42 Å². The van der Waals surface area contributed by atoms with Crippen molar-refractivity contribution < 1.29 is 0 Å². The molecule has 0 saturated carbocycles. The van der Waals surface area contributed by atoms with Crippen LogP contribution in [0.5, 0.6) is 0 Å². The molecule has 0 radical (unpaired) electrons. The van der Waals surface area contributed by atoms with Gasteiger partial charge in [0.05, 0.1) is 11.9 Å². The second-order valence-corrected chi connectivity index (χ2v) is 4.60. The molecule has 0 atom stereocenters. The van der Waals surface area contributed by atoms with E-state index in [1.54, 1.807) is 17.1 Å². The third kappa shape index (κ3) is 2.53. The Balaban J connectivity index is 2.00. The van der Waals surface area contributed by atoms with Crippen LogP contribution in [0.3, 0.4) is 0 Å². The number of para-hydroxylation sites is 1. The van der Waals surface area contributed by atoms with E-state index >= 15 is 0 Å². The maximum absolute atomic E-state index is 6.00. The van der Waals surface area contributed by atoms with Crippen molar-refractivity contribution in [2.75, 3.05) is 0 Å². The van der Waals surface area contributed by atoms with E-state index in [4.69, 9.17) is 11.6 Å². The monoisotopic (exact) mass is 285 g/mol. The summed E-state index contributed by atoms with van der Waals surface area (Å²) in [6.45, 7) is 2.02. The molecule has 6 heteroatoms. The Bertz CT molecular complexity index is 723. The van der Waals surface area contributed by atoms with Crippen LogP contribution in [0.15, 0.2) is 42.6 Å². The molecule has 0 amide bonds. The van der Waals surface area contributed by atoms with E-state index < -0.39 is 0 Å². The zero-order chi connectivity index (χ0) is 13.9. The lowest BCUT2D eigenvalue weighted by Crippen LogP contribution is -1.99. The molecular weight excluding hydrogens is 274 g/mol. The van der Waals surface area contributed by atoms with E-state index in [0.29, 0.717) is 16.7 Å². The fourth-order valence-electron chi connectivity index (χ4n) is 1.81. The largest absolute Gasteiger partial charge is 0.232 e. The molecule has 20 heavy (non-hydrogen) atoms. The van der Waals surface area contributed by atoms with Gasteiger partial charge in [-0.3, -0.25) is 0 Å². The molecule has 0 bridgehead atoms. The number of rotatable bonds is 3. The molecule has 2 heterocycles. The zero-order valence-corrected chi connectivity index (χ0v) is 11.6. The number of hydrogen-bond acceptors (Lipinski definition) is 4. The first-order chi connectivity index (χ1) is 9.76. The Kier molecular flexibility index (Phi) is 3.43. The number of hydrogen-bond donors (Lipinski definition) is 0. The van der Waals surface area contributed by atoms with E-state index in [-0.39, 0.29) is 0 Å². The van der Waals surface area contributed by atoms with Gasteiger partial charge in [0, 0.05) is 5.69 Å². The molecule has 0 N–H and O–H groups in total. The average Bonchev–Trinajstić information content (AvgIpc) is 2.97. The lowest BCUT2D eigenvalue weighted by atomic mass is 10.3. The van der Waals surface area contributed by atoms with Gasteiger partial charge in [-0.2, -0.15) is 9.90 Å². The van der Waals surface area contributed by atoms with Crippen molar-refractivity contribution in [1.29, 1.82) is 0 Å². The Hall–Kier alpha value is -2.27. The van der Waals surface area contributed by atoms with Gasteiger partial charge in [0.25, 0.3) is 0 Å². The maximum atomic E-state index is 6.00. The molecule has 0 fully saturated rings. The van der Waals surface area contributed by atoms with Crippen molar-refractivity contribution >= 4 is 11.6 Å². The minimum Gasteiger partial charge on any atom is -0.232 e. The topological polar surface area (TPSA) is 56.5 Å². The minimum absolute atomic E-state index is 0.418. The highest BCUT2D eigenvalue weighted by atomic mass is 35.5. The van der Waals surface area contributed by atoms with Gasteiger partial charge in [-0.1, -0.05) is 36.7 Å². The first-order valence-corrected chi connectivity index (χ1v) is 6.65. The summed E-state index contributed by atoms with van der Waals surface area (Å²) in [5.74, 6) is 0.497. The van der Waals surface area contributed by atoms with Gasteiger partial charge in [-0.25, -0.2) is 9.97 Å². The second kappa shape index (κ2) is 5.38. The first-order valence-electron chi connectivity index (χ1n) is 6.28. The summed E-state index contributed by atoms with van der Waals surface area (Å²) in [5, 5.41) is 9.04. The molecule has 3 rings (SSSR count). The highest BCUT2D eigenvalue weighted by Crippen LogP contribution is 2.16. The highest BCUT2D eigenvalue weighted by molar-refractivity contribution is 6.29. The van der Waals surface area contributed by atoms with Crippen molar-refractivity contribution in [3.63, 3.8) is 0 Å². The molecule has 100 valence electrons. The van der Waals surface area contributed by atoms with Crippen LogP contribution in [0.4, 0.5) is 0 Å². The molecule has 1 aromatic carbocycles. The van der Waals surface area contributed by atoms with Gasteiger partial charge in [-0.15, -0.1) is 5.10 Å². The Morgan fingerprint density at radius 3 is 2.70 bits per heavy atom. The summed E-state index contributed by atoms with van der Waals surface area (Å²) >= 11 is 6.00. The molecule has 0 unspecified atom stereocenters. The van der Waals surface area contributed by atoms with Gasteiger partial charge in [-0.05, 0) is 24.6 Å². The lowest BCUT2D eigenvalue weighted by molar-refractivity contribution is 0.752. The maximum Gasteiger partial charge on any atom is 0.183 e. The SMILES string of the molecule is CCc1cc(Cl)nc(-c2cnn(-c3ccccc3)n2)n1. The molecule has 0 aliphatic carbocycles. The summed E-state index contributed by atoms with van der Waals surface area (Å²) in [6.07, 6.45) is 2.43. The standard InChI is InChI=1S/C14H12ClN5/c1-2-10-8-13(15)18-14(17-10)12-9-16-20(19-12)11-6-4-3-5-7-11/h3-9H,2H2,1H3. The number of nitrogens with zero attached hydrogens (tertiary/aromatic N) is 5. The number of aryl methyl sites for hydroxylation is 1. The van der Waals surface area contributed by atoms with Gasteiger partial charge in [0.1, 0.15) is 5.15 Å². The number of halogens is 1. The van der Waals surface area contributed by atoms with Crippen LogP contribution in [0.1, 0.15) is 12.6 Å². The van der Waals surface area contributed by atoms with E-state index in [2.05, 4.69) is 20.2 Å². The minimum atomic E-state index is 0.418. The molecule has 0 spiro atoms. The van der Waals surface area contributed by atoms with Gasteiger partial charge in [0.2, 0.25) is 0 Å². The van der Waals surface area contributed by atoms with E-state index in [9.17, 15) is 0 Å². The molecule has 0 saturated heterocycles. The van der Waals surface area contributed by atoms with E-state index in [1.807, 2.05) is 37.3 Å². The van der Waals surface area contributed by atoms with Crippen LogP contribution in [0.2, 0.25) is 5.15 Å². The summed E-state index contributed by atoms with van der Waals surface area (Å²) in [4.78, 5) is 10.2. The van der Waals surface area contributed by atoms with Crippen molar-refractivity contribution in [3.05, 3.63) is 53.4 Å². The van der Waals surface area contributed by atoms with Gasteiger partial charge < -0.3 is 0 Å². The smallest absolute Gasteiger partial charge is 0.183 e. The van der Waals surface area contributed by atoms with Crippen molar-refractivity contribution in [1.82, 2.24) is 25.0 Å². The summed E-state index contributed by atoms with van der Waals surface area (Å²) in [7, 11) is 0. The van der Waals surface area contributed by atoms with Crippen molar-refractivity contribution in [3.8, 4) is 17.2 Å². The predicted molar refractivity (Wildman–Crippen MR) is 76.8 cm³/mol. The Morgan fingerprint density at radius 1 is 1.15 bits per heavy atom. The fourth-order valence-corrected chi connectivity index (χ4v) is 2.02. The Morgan fingerprint density at radius 2 is 1.95 bits per heavy atom. The normalized spacial score (nSPS) is 10.7. The van der Waals surface area contributed by atoms with Crippen molar-refractivity contribution in [2.24, 2.45) is 0 Å². The van der Waals surface area contributed by atoms with Gasteiger partial charge >= 0.3 is 0 Å². The number of aromatic nitrogens is 5. The highest BCUT2D eigenvalue weighted by Gasteiger charge is 2.10. The van der Waals surface area contributed by atoms with E-state index in [1.165, 1.54) is 0 Å². The van der Waals surface area contributed by atoms with Crippen LogP contribution in [0.25, 0.3) is 17.2 Å². The van der Waals surface area contributed by atoms with Crippen LogP contribution in [0, 0.1) is 0 Å². The molecule has 2 aromatic heterocycles. The first kappa shape index (κ1) is 12.7. The molecule has 3 aromatic rings. The predicted octanol–water partition coefficient (Wildman–Crippen LogP) is 2.94. The third-order valence-corrected chi connectivity index (χ3v) is 3.01. The Labute approximate surface area is 121 Å². The van der Waals surface area contributed by atoms with Crippen LogP contribution >= 0.6 is 11.6 Å². The van der Waals surface area contributed by atoms with E-state index in [0.717, 1.165) is 17.8 Å². The molecule has 0 aliphatic heterocycles. The fraction of sp³-hybridized carbons (Fsp3) is 0.143.